The van der Waals surface area contributed by atoms with E-state index in [2.05, 4.69) is 10.3 Å². The van der Waals surface area contributed by atoms with Crippen molar-refractivity contribution in [2.24, 2.45) is 7.05 Å². The number of ether oxygens (including phenoxy) is 1. The van der Waals surface area contributed by atoms with Crippen LogP contribution in [-0.4, -0.2) is 28.6 Å². The van der Waals surface area contributed by atoms with Crippen LogP contribution in [0.2, 0.25) is 0 Å². The average molecular weight is 375 g/mol. The van der Waals surface area contributed by atoms with Crippen LogP contribution in [0.4, 0.5) is 4.39 Å². The normalized spacial score (nSPS) is 10.9. The average Bonchev–Trinajstić information content (AvgIpc) is 2.96. The first kappa shape index (κ1) is 18.1. The maximum atomic E-state index is 13.4. The van der Waals surface area contributed by atoms with Gasteiger partial charge in [0.1, 0.15) is 4.83 Å². The SMILES string of the molecule is Cc1c(C(=O)NCCCOc2ccccc2F)sc2ncn(C)c(=O)c12. The topological polar surface area (TPSA) is 73.2 Å². The summed E-state index contributed by atoms with van der Waals surface area (Å²) in [6, 6.07) is 6.18. The molecule has 1 aromatic carbocycles. The Balaban J connectivity index is 1.58. The van der Waals surface area contributed by atoms with Crippen LogP contribution in [0, 0.1) is 12.7 Å². The van der Waals surface area contributed by atoms with Crippen LogP contribution in [0.15, 0.2) is 35.4 Å². The van der Waals surface area contributed by atoms with Gasteiger partial charge >= 0.3 is 0 Å². The number of benzene rings is 1. The number of carbonyl (C=O) groups is 1. The maximum Gasteiger partial charge on any atom is 0.262 e. The zero-order valence-electron chi connectivity index (χ0n) is 14.4. The molecule has 8 heteroatoms. The monoisotopic (exact) mass is 375 g/mol. The third-order valence-electron chi connectivity index (χ3n) is 3.92. The fourth-order valence-corrected chi connectivity index (χ4v) is 3.58. The van der Waals surface area contributed by atoms with Gasteiger partial charge in [0.05, 0.1) is 23.2 Å². The number of rotatable bonds is 6. The molecule has 6 nitrogen and oxygen atoms in total. The summed E-state index contributed by atoms with van der Waals surface area (Å²) in [7, 11) is 1.63. The predicted molar refractivity (Wildman–Crippen MR) is 98.4 cm³/mol. The summed E-state index contributed by atoms with van der Waals surface area (Å²) < 4.78 is 20.2. The fourth-order valence-electron chi connectivity index (χ4n) is 2.52. The Hall–Kier alpha value is -2.74. The molecule has 0 atom stereocenters. The van der Waals surface area contributed by atoms with Crippen molar-refractivity contribution in [3.8, 4) is 5.75 Å². The number of thiophene rings is 1. The Labute approximate surface area is 153 Å². The van der Waals surface area contributed by atoms with Gasteiger partial charge in [-0.3, -0.25) is 9.59 Å². The number of para-hydroxylation sites is 1. The van der Waals surface area contributed by atoms with E-state index in [1.165, 1.54) is 28.3 Å². The molecule has 2 aromatic heterocycles. The Bertz CT molecular complexity index is 1010. The van der Waals surface area contributed by atoms with Crippen LogP contribution in [-0.2, 0) is 7.05 Å². The van der Waals surface area contributed by atoms with Crippen molar-refractivity contribution in [2.45, 2.75) is 13.3 Å². The second kappa shape index (κ2) is 7.65. The summed E-state index contributed by atoms with van der Waals surface area (Å²) in [6.07, 6.45) is 1.98. The molecule has 0 fully saturated rings. The van der Waals surface area contributed by atoms with Gasteiger partial charge in [0, 0.05) is 13.6 Å². The number of fused-ring (bicyclic) bond motifs is 1. The minimum absolute atomic E-state index is 0.166. The van der Waals surface area contributed by atoms with Crippen LogP contribution < -0.4 is 15.6 Å². The summed E-state index contributed by atoms with van der Waals surface area (Å²) >= 11 is 1.20. The molecule has 0 saturated heterocycles. The van der Waals surface area contributed by atoms with E-state index in [4.69, 9.17) is 4.74 Å². The molecule has 0 unspecified atom stereocenters. The molecule has 3 rings (SSSR count). The zero-order valence-corrected chi connectivity index (χ0v) is 15.2. The molecule has 0 aliphatic carbocycles. The first-order chi connectivity index (χ1) is 12.5. The van der Waals surface area contributed by atoms with Crippen molar-refractivity contribution in [3.63, 3.8) is 0 Å². The molecule has 0 bridgehead atoms. The van der Waals surface area contributed by atoms with Crippen LogP contribution in [0.3, 0.4) is 0 Å². The smallest absolute Gasteiger partial charge is 0.262 e. The third-order valence-corrected chi connectivity index (χ3v) is 5.12. The van der Waals surface area contributed by atoms with Gasteiger partial charge in [-0.2, -0.15) is 0 Å². The number of hydrogen-bond acceptors (Lipinski definition) is 5. The van der Waals surface area contributed by atoms with E-state index in [9.17, 15) is 14.0 Å². The van der Waals surface area contributed by atoms with Gasteiger partial charge in [-0.05, 0) is 31.0 Å². The predicted octanol–water partition coefficient (Wildman–Crippen LogP) is 2.64. The van der Waals surface area contributed by atoms with Crippen molar-refractivity contribution in [1.29, 1.82) is 0 Å². The minimum atomic E-state index is -0.411. The van der Waals surface area contributed by atoms with Crippen molar-refractivity contribution in [2.75, 3.05) is 13.2 Å². The first-order valence-corrected chi connectivity index (χ1v) is 8.91. The molecule has 136 valence electrons. The van der Waals surface area contributed by atoms with Crippen molar-refractivity contribution < 1.29 is 13.9 Å². The Morgan fingerprint density at radius 1 is 1.38 bits per heavy atom. The van der Waals surface area contributed by atoms with Gasteiger partial charge in [0.15, 0.2) is 11.6 Å². The Kier molecular flexibility index (Phi) is 5.32. The van der Waals surface area contributed by atoms with Gasteiger partial charge in [-0.25, -0.2) is 9.37 Å². The summed E-state index contributed by atoms with van der Waals surface area (Å²) in [5.41, 5.74) is 0.472. The van der Waals surface area contributed by atoms with Crippen LogP contribution in [0.1, 0.15) is 21.7 Å². The largest absolute Gasteiger partial charge is 0.490 e. The number of hydrogen-bond donors (Lipinski definition) is 1. The Morgan fingerprint density at radius 2 is 2.15 bits per heavy atom. The van der Waals surface area contributed by atoms with Crippen molar-refractivity contribution in [1.82, 2.24) is 14.9 Å². The summed E-state index contributed by atoms with van der Waals surface area (Å²) in [5.74, 6) is -0.467. The highest BCUT2D eigenvalue weighted by Crippen LogP contribution is 2.26. The second-order valence-electron chi connectivity index (χ2n) is 5.79. The van der Waals surface area contributed by atoms with Crippen LogP contribution in [0.25, 0.3) is 10.2 Å². The van der Waals surface area contributed by atoms with E-state index in [1.807, 2.05) is 0 Å². The molecule has 0 radical (unpaired) electrons. The van der Waals surface area contributed by atoms with E-state index >= 15 is 0 Å². The summed E-state index contributed by atoms with van der Waals surface area (Å²) in [5, 5.41) is 3.28. The number of amides is 1. The molecule has 0 saturated carbocycles. The highest BCUT2D eigenvalue weighted by atomic mass is 32.1. The summed E-state index contributed by atoms with van der Waals surface area (Å²) in [6.45, 7) is 2.42. The van der Waals surface area contributed by atoms with E-state index in [-0.39, 0.29) is 23.8 Å². The molecule has 3 aromatic rings. The maximum absolute atomic E-state index is 13.4. The highest BCUT2D eigenvalue weighted by molar-refractivity contribution is 7.20. The van der Waals surface area contributed by atoms with Gasteiger partial charge in [-0.1, -0.05) is 12.1 Å². The van der Waals surface area contributed by atoms with E-state index in [1.54, 1.807) is 32.2 Å². The molecule has 0 aliphatic heterocycles. The number of aryl methyl sites for hydroxylation is 2. The Morgan fingerprint density at radius 3 is 2.92 bits per heavy atom. The van der Waals surface area contributed by atoms with E-state index in [0.717, 1.165) is 0 Å². The molecular formula is C18H18FN3O3S. The lowest BCUT2D eigenvalue weighted by molar-refractivity contribution is 0.0955. The van der Waals surface area contributed by atoms with Crippen molar-refractivity contribution >= 4 is 27.5 Å². The number of aromatic nitrogens is 2. The standard InChI is InChI=1S/C18H18FN3O3S/c1-11-14-17(21-10-22(2)18(14)24)26-15(11)16(23)20-8-5-9-25-13-7-4-3-6-12(13)19/h3-4,6-7,10H,5,8-9H2,1-2H3,(H,20,23). The van der Waals surface area contributed by atoms with Gasteiger partial charge < -0.3 is 14.6 Å². The highest BCUT2D eigenvalue weighted by Gasteiger charge is 2.18. The van der Waals surface area contributed by atoms with E-state index < -0.39 is 5.82 Å². The molecule has 2 heterocycles. The zero-order chi connectivity index (χ0) is 18.7. The quantitative estimate of drug-likeness (QED) is 0.672. The molecule has 0 spiro atoms. The third kappa shape index (κ3) is 3.60. The molecule has 1 amide bonds. The molecular weight excluding hydrogens is 357 g/mol. The molecule has 26 heavy (non-hydrogen) atoms. The van der Waals surface area contributed by atoms with Crippen molar-refractivity contribution in [3.05, 3.63) is 57.2 Å². The van der Waals surface area contributed by atoms with Gasteiger partial charge in [0.25, 0.3) is 11.5 Å². The second-order valence-corrected chi connectivity index (χ2v) is 6.78. The lowest BCUT2D eigenvalue weighted by Crippen LogP contribution is -2.25. The lowest BCUT2D eigenvalue weighted by atomic mass is 10.2. The van der Waals surface area contributed by atoms with Gasteiger partial charge in [0.2, 0.25) is 0 Å². The molecule has 1 N–H and O–H groups in total. The minimum Gasteiger partial charge on any atom is -0.490 e. The molecule has 0 aliphatic rings. The van der Waals surface area contributed by atoms with Crippen LogP contribution in [0.5, 0.6) is 5.75 Å². The number of carbonyl (C=O) groups excluding carboxylic acids is 1. The summed E-state index contributed by atoms with van der Waals surface area (Å²) in [4.78, 5) is 29.8. The van der Waals surface area contributed by atoms with E-state index in [0.29, 0.717) is 33.6 Å². The van der Waals surface area contributed by atoms with Crippen LogP contribution >= 0.6 is 11.3 Å². The first-order valence-electron chi connectivity index (χ1n) is 8.09. The van der Waals surface area contributed by atoms with Gasteiger partial charge in [-0.15, -0.1) is 11.3 Å². The fraction of sp³-hybridized carbons (Fsp3) is 0.278. The number of halogens is 1. The lowest BCUT2D eigenvalue weighted by Gasteiger charge is -2.07. The number of nitrogens with zero attached hydrogens (tertiary/aromatic N) is 2. The number of nitrogens with one attached hydrogen (secondary N) is 1.